The van der Waals surface area contributed by atoms with Gasteiger partial charge in [0.2, 0.25) is 0 Å². The lowest BCUT2D eigenvalue weighted by molar-refractivity contribution is 0.511. The van der Waals surface area contributed by atoms with Crippen LogP contribution in [0.4, 0.5) is 0 Å². The Hall–Kier alpha value is 0.452. The van der Waals surface area contributed by atoms with E-state index >= 15 is 0 Å². The molecule has 3 heteroatoms. The number of hydrogen-bond acceptors (Lipinski definition) is 2. The van der Waals surface area contributed by atoms with Crippen LogP contribution in [0.25, 0.3) is 0 Å². The van der Waals surface area contributed by atoms with Gasteiger partial charge in [0.25, 0.3) is 0 Å². The molecule has 0 bridgehead atoms. The van der Waals surface area contributed by atoms with Gasteiger partial charge in [-0.25, -0.2) is 0 Å². The summed E-state index contributed by atoms with van der Waals surface area (Å²) in [4.78, 5) is 0. The Kier molecular flexibility index (Phi) is 5.38. The second-order valence-electron chi connectivity index (χ2n) is 3.20. The van der Waals surface area contributed by atoms with E-state index in [2.05, 4.69) is 42.9 Å². The van der Waals surface area contributed by atoms with Crippen LogP contribution in [0.3, 0.4) is 0 Å². The molecule has 0 saturated carbocycles. The van der Waals surface area contributed by atoms with Crippen molar-refractivity contribution in [2.45, 2.75) is 18.6 Å². The van der Waals surface area contributed by atoms with E-state index in [0.717, 1.165) is 0 Å². The fourth-order valence-corrected chi connectivity index (χ4v) is 3.71. The van der Waals surface area contributed by atoms with Crippen molar-refractivity contribution in [1.82, 2.24) is 7.77 Å². The van der Waals surface area contributed by atoms with E-state index in [4.69, 9.17) is 0 Å². The topological polar surface area (TPSA) is 6.48 Å². The van der Waals surface area contributed by atoms with Gasteiger partial charge in [0.05, 0.1) is 0 Å². The largest absolute Gasteiger partial charge is 0.487 e. The van der Waals surface area contributed by atoms with E-state index in [0.29, 0.717) is 0 Å². The zero-order valence-corrected chi connectivity index (χ0v) is 9.04. The van der Waals surface area contributed by atoms with Crippen LogP contribution >= 0.6 is 0 Å². The second kappa shape index (κ2) is 5.15. The first-order chi connectivity index (χ1) is 4.59. The maximum absolute atomic E-state index is 2.39. The molecule has 0 amide bonds. The van der Waals surface area contributed by atoms with Crippen LogP contribution in [0.5, 0.6) is 0 Å². The van der Waals surface area contributed by atoms with Crippen molar-refractivity contribution in [2.75, 3.05) is 28.2 Å². The highest BCUT2D eigenvalue weighted by atomic mass is 27.2. The number of nitrogens with zero attached hydrogens (tertiary/aromatic N) is 2. The van der Waals surface area contributed by atoms with Gasteiger partial charge in [-0.15, -0.1) is 0 Å². The second-order valence-corrected chi connectivity index (χ2v) is 6.80. The molecule has 0 aliphatic carbocycles. The van der Waals surface area contributed by atoms with E-state index in [1.54, 1.807) is 0 Å². The Morgan fingerprint density at radius 1 is 1.00 bits per heavy atom. The third-order valence-electron chi connectivity index (χ3n) is 1.74. The molecule has 0 saturated heterocycles. The molecule has 0 aliphatic rings. The third-order valence-corrected chi connectivity index (χ3v) is 5.22. The molecule has 2 nitrogen and oxygen atoms in total. The highest BCUT2D eigenvalue weighted by Gasteiger charge is 2.23. The summed E-state index contributed by atoms with van der Waals surface area (Å²) in [7, 11) is 8.75. The molecule has 0 aromatic rings. The summed E-state index contributed by atoms with van der Waals surface area (Å²) in [6.07, 6.45) is 1.31. The van der Waals surface area contributed by atoms with Gasteiger partial charge in [-0.1, -0.05) is 18.6 Å². The van der Waals surface area contributed by atoms with Crippen molar-refractivity contribution in [2.24, 2.45) is 0 Å². The van der Waals surface area contributed by atoms with Gasteiger partial charge < -0.3 is 7.77 Å². The number of hydrogen-bond donors (Lipinski definition) is 0. The van der Waals surface area contributed by atoms with Crippen LogP contribution in [0.2, 0.25) is 5.28 Å². The van der Waals surface area contributed by atoms with Crippen LogP contribution in [-0.4, -0.2) is 50.5 Å². The summed E-state index contributed by atoms with van der Waals surface area (Å²) in [5.41, 5.74) is 0. The monoisotopic (exact) mass is 158 g/mol. The van der Waals surface area contributed by atoms with Gasteiger partial charge in [-0.2, -0.15) is 0 Å². The van der Waals surface area contributed by atoms with E-state index in [1.807, 2.05) is 0 Å². The maximum Gasteiger partial charge on any atom is 0.487 e. The van der Waals surface area contributed by atoms with E-state index < -0.39 is 14.6 Å². The van der Waals surface area contributed by atoms with Crippen molar-refractivity contribution in [1.29, 1.82) is 0 Å². The van der Waals surface area contributed by atoms with Crippen LogP contribution < -0.4 is 0 Å². The Bertz CT molecular complexity index is 75.7. The minimum atomic E-state index is -0.714. The smallest absolute Gasteiger partial charge is 0.376 e. The highest BCUT2D eigenvalue weighted by Crippen LogP contribution is 2.01. The van der Waals surface area contributed by atoms with E-state index in [1.165, 1.54) is 11.7 Å². The zero-order valence-electron chi connectivity index (χ0n) is 7.89. The van der Waals surface area contributed by atoms with Crippen LogP contribution in [0.1, 0.15) is 13.3 Å². The molecule has 0 heterocycles. The minimum Gasteiger partial charge on any atom is -0.376 e. The molecule has 0 rings (SSSR count). The molecule has 0 aromatic heterocycles. The molecule has 0 aliphatic heterocycles. The molecule has 0 spiro atoms. The molecular weight excluding hydrogens is 139 g/mol. The Balaban J connectivity index is 3.73. The first-order valence-corrected chi connectivity index (χ1v) is 5.77. The standard InChI is InChI=1S/C3H7.2C2H6N.Al/c3*1-3-2;/h1,3H2,2H3;2*1-2H3;/q;2*-1;+2. The molecule has 10 heavy (non-hydrogen) atoms. The molecule has 60 valence electrons. The number of rotatable bonds is 4. The first-order valence-electron chi connectivity index (χ1n) is 3.92. The van der Waals surface area contributed by atoms with Gasteiger partial charge in [0, 0.05) is 0 Å². The lowest BCUT2D eigenvalue weighted by Crippen LogP contribution is -2.45. The fraction of sp³-hybridized carbons (Fsp3) is 1.00. The Morgan fingerprint density at radius 2 is 1.40 bits per heavy atom. The average molecular weight is 158 g/mol. The van der Waals surface area contributed by atoms with Crippen molar-refractivity contribution in [3.05, 3.63) is 0 Å². The summed E-state index contributed by atoms with van der Waals surface area (Å²) in [6, 6.07) is 0. The fourth-order valence-electron chi connectivity index (χ4n) is 1.24. The lowest BCUT2D eigenvalue weighted by atomic mass is 10.6. The van der Waals surface area contributed by atoms with Crippen LogP contribution in [-0.2, 0) is 0 Å². The van der Waals surface area contributed by atoms with E-state index in [9.17, 15) is 0 Å². The molecular formula is C7H19AlN2. The highest BCUT2D eigenvalue weighted by molar-refractivity contribution is 6.52. The van der Waals surface area contributed by atoms with E-state index in [-0.39, 0.29) is 0 Å². The normalized spacial score (nSPS) is 11.1. The third kappa shape index (κ3) is 3.58. The predicted octanol–water partition coefficient (Wildman–Crippen LogP) is 1.01. The Morgan fingerprint density at radius 3 is 1.50 bits per heavy atom. The van der Waals surface area contributed by atoms with Gasteiger partial charge in [-0.3, -0.25) is 0 Å². The van der Waals surface area contributed by atoms with Crippen molar-refractivity contribution < 1.29 is 0 Å². The van der Waals surface area contributed by atoms with Crippen molar-refractivity contribution in [3.8, 4) is 0 Å². The summed E-state index contributed by atoms with van der Waals surface area (Å²) < 4.78 is 4.78. The molecule has 0 atom stereocenters. The molecule has 0 aromatic carbocycles. The van der Waals surface area contributed by atoms with Gasteiger partial charge >= 0.3 is 14.6 Å². The molecule has 0 N–H and O–H groups in total. The van der Waals surface area contributed by atoms with Gasteiger partial charge in [-0.05, 0) is 28.2 Å². The first kappa shape index (κ1) is 10.5. The van der Waals surface area contributed by atoms with Crippen LogP contribution in [0.15, 0.2) is 0 Å². The van der Waals surface area contributed by atoms with Gasteiger partial charge in [0.15, 0.2) is 0 Å². The molecule has 0 unspecified atom stereocenters. The SMILES string of the molecule is CC[CH2][Al]([N](C)C)[N](C)C. The van der Waals surface area contributed by atoms with Crippen molar-refractivity contribution >= 4 is 14.6 Å². The molecule has 0 radical (unpaired) electrons. The molecule has 0 fully saturated rings. The lowest BCUT2D eigenvalue weighted by Gasteiger charge is -2.24. The van der Waals surface area contributed by atoms with Crippen LogP contribution in [0, 0.1) is 0 Å². The zero-order chi connectivity index (χ0) is 8.15. The predicted molar refractivity (Wildman–Crippen MR) is 48.2 cm³/mol. The summed E-state index contributed by atoms with van der Waals surface area (Å²) in [5, 5.41) is 1.39. The van der Waals surface area contributed by atoms with Crippen molar-refractivity contribution in [3.63, 3.8) is 0 Å². The summed E-state index contributed by atoms with van der Waals surface area (Å²) in [6.45, 7) is 2.26. The minimum absolute atomic E-state index is 0.714. The summed E-state index contributed by atoms with van der Waals surface area (Å²) >= 11 is -0.714. The quantitative estimate of drug-likeness (QED) is 0.563. The Labute approximate surface area is 69.6 Å². The van der Waals surface area contributed by atoms with Gasteiger partial charge in [0.1, 0.15) is 0 Å². The maximum atomic E-state index is 2.39. The summed E-state index contributed by atoms with van der Waals surface area (Å²) in [5.74, 6) is 0. The average Bonchev–Trinajstić information content (AvgIpc) is 1.81.